The predicted molar refractivity (Wildman–Crippen MR) is 80.1 cm³/mol. The molecule has 102 valence electrons. The summed E-state index contributed by atoms with van der Waals surface area (Å²) in [7, 11) is 0. The second kappa shape index (κ2) is 5.88. The summed E-state index contributed by atoms with van der Waals surface area (Å²) in [5.41, 5.74) is 6.56. The van der Waals surface area contributed by atoms with E-state index in [-0.39, 0.29) is 5.84 Å². The molecule has 1 aromatic carbocycles. The van der Waals surface area contributed by atoms with Crippen LogP contribution in [0.15, 0.2) is 29.4 Å². The summed E-state index contributed by atoms with van der Waals surface area (Å²) in [6.07, 6.45) is 0.529. The largest absolute Gasteiger partial charge is 0.409 e. The van der Waals surface area contributed by atoms with Crippen LogP contribution in [0.4, 0.5) is 5.00 Å². The Labute approximate surface area is 116 Å². The van der Waals surface area contributed by atoms with Crippen molar-refractivity contribution in [1.29, 1.82) is 0 Å². The molecule has 1 heterocycles. The number of hydrogen-bond acceptors (Lipinski definition) is 5. The summed E-state index contributed by atoms with van der Waals surface area (Å²) in [5.74, 6) is 0.250. The zero-order valence-corrected chi connectivity index (χ0v) is 11.9. The monoisotopic (exact) mass is 278 g/mol. The van der Waals surface area contributed by atoms with Gasteiger partial charge >= 0.3 is 0 Å². The molecule has 0 saturated heterocycles. The quantitative estimate of drug-likeness (QED) is 0.381. The van der Waals surface area contributed by atoms with Crippen LogP contribution in [0.5, 0.6) is 0 Å². The molecule has 6 heteroatoms. The highest BCUT2D eigenvalue weighted by molar-refractivity contribution is 7.11. The van der Waals surface area contributed by atoms with Crippen molar-refractivity contribution in [2.24, 2.45) is 10.9 Å². The standard InChI is InChI=1S/C13H18N4OS/c1-9(2)17(8-7-12(14)15-18)13-10-5-3-4-6-11(10)16-19-13/h3-6,9,18H,7-8H2,1-2H3,(H2,14,15). The van der Waals surface area contributed by atoms with Gasteiger partial charge in [-0.15, -0.1) is 0 Å². The summed E-state index contributed by atoms with van der Waals surface area (Å²) in [4.78, 5) is 2.23. The second-order valence-corrected chi connectivity index (χ2v) is 5.39. The van der Waals surface area contributed by atoms with Crippen molar-refractivity contribution in [3.8, 4) is 0 Å². The smallest absolute Gasteiger partial charge is 0.140 e. The Bertz CT molecular complexity index is 579. The maximum atomic E-state index is 8.62. The van der Waals surface area contributed by atoms with E-state index in [0.29, 0.717) is 19.0 Å². The van der Waals surface area contributed by atoms with Crippen LogP contribution in [0.25, 0.3) is 10.9 Å². The number of oxime groups is 1. The minimum atomic E-state index is 0.250. The zero-order chi connectivity index (χ0) is 13.8. The summed E-state index contributed by atoms with van der Waals surface area (Å²) in [6, 6.07) is 8.42. The van der Waals surface area contributed by atoms with E-state index in [1.807, 2.05) is 18.2 Å². The molecule has 0 spiro atoms. The van der Waals surface area contributed by atoms with Crippen LogP contribution in [0, 0.1) is 0 Å². The molecule has 0 amide bonds. The molecule has 1 aromatic heterocycles. The molecule has 5 nitrogen and oxygen atoms in total. The molecule has 0 fully saturated rings. The van der Waals surface area contributed by atoms with E-state index in [2.05, 4.69) is 34.3 Å². The van der Waals surface area contributed by atoms with Gasteiger partial charge in [0.2, 0.25) is 0 Å². The van der Waals surface area contributed by atoms with Gasteiger partial charge in [-0.25, -0.2) is 0 Å². The van der Waals surface area contributed by atoms with Gasteiger partial charge in [0, 0.05) is 24.4 Å². The van der Waals surface area contributed by atoms with Gasteiger partial charge in [0.05, 0.1) is 5.52 Å². The highest BCUT2D eigenvalue weighted by Crippen LogP contribution is 2.32. The van der Waals surface area contributed by atoms with E-state index in [1.165, 1.54) is 11.5 Å². The third-order valence-electron chi connectivity index (χ3n) is 2.99. The zero-order valence-electron chi connectivity index (χ0n) is 11.1. The maximum Gasteiger partial charge on any atom is 0.140 e. The van der Waals surface area contributed by atoms with E-state index in [1.54, 1.807) is 0 Å². The van der Waals surface area contributed by atoms with Crippen molar-refractivity contribution in [2.45, 2.75) is 26.3 Å². The lowest BCUT2D eigenvalue weighted by Gasteiger charge is -2.27. The molecule has 0 aliphatic heterocycles. The fourth-order valence-electron chi connectivity index (χ4n) is 1.96. The maximum absolute atomic E-state index is 8.62. The Morgan fingerprint density at radius 1 is 1.47 bits per heavy atom. The molecule has 2 rings (SSSR count). The highest BCUT2D eigenvalue weighted by atomic mass is 32.1. The third kappa shape index (κ3) is 2.96. The van der Waals surface area contributed by atoms with E-state index in [0.717, 1.165) is 15.9 Å². The summed E-state index contributed by atoms with van der Waals surface area (Å²) in [6.45, 7) is 4.96. The average Bonchev–Trinajstić information content (AvgIpc) is 2.82. The lowest BCUT2D eigenvalue weighted by molar-refractivity contribution is 0.317. The first-order valence-electron chi connectivity index (χ1n) is 6.21. The van der Waals surface area contributed by atoms with Crippen molar-refractivity contribution in [3.63, 3.8) is 0 Å². The first-order chi connectivity index (χ1) is 9.13. The lowest BCUT2D eigenvalue weighted by atomic mass is 10.2. The first kappa shape index (κ1) is 13.6. The minimum Gasteiger partial charge on any atom is -0.409 e. The normalized spacial score (nSPS) is 12.3. The van der Waals surface area contributed by atoms with Gasteiger partial charge in [-0.3, -0.25) is 0 Å². The van der Waals surface area contributed by atoms with Crippen LogP contribution in [0.2, 0.25) is 0 Å². The fraction of sp³-hybridized carbons (Fsp3) is 0.385. The number of benzene rings is 1. The fourth-order valence-corrected chi connectivity index (χ4v) is 2.98. The van der Waals surface area contributed by atoms with Gasteiger partial charge in [-0.2, -0.15) is 4.37 Å². The minimum absolute atomic E-state index is 0.250. The van der Waals surface area contributed by atoms with Crippen LogP contribution in [0.1, 0.15) is 20.3 Å². The number of hydrogen-bond donors (Lipinski definition) is 2. The van der Waals surface area contributed by atoms with E-state index in [4.69, 9.17) is 10.9 Å². The number of fused-ring (bicyclic) bond motifs is 1. The van der Waals surface area contributed by atoms with Crippen molar-refractivity contribution in [2.75, 3.05) is 11.4 Å². The first-order valence-corrected chi connectivity index (χ1v) is 6.98. The van der Waals surface area contributed by atoms with Gasteiger partial charge in [-0.1, -0.05) is 17.3 Å². The molecule has 0 unspecified atom stereocenters. The average molecular weight is 278 g/mol. The highest BCUT2D eigenvalue weighted by Gasteiger charge is 2.16. The van der Waals surface area contributed by atoms with Gasteiger partial charge in [0.25, 0.3) is 0 Å². The van der Waals surface area contributed by atoms with E-state index in [9.17, 15) is 0 Å². The summed E-state index contributed by atoms with van der Waals surface area (Å²) < 4.78 is 4.46. The molecule has 0 atom stereocenters. The van der Waals surface area contributed by atoms with Crippen molar-refractivity contribution >= 4 is 33.3 Å². The molecular weight excluding hydrogens is 260 g/mol. The predicted octanol–water partition coefficient (Wildman–Crippen LogP) is 2.65. The number of anilines is 1. The molecule has 19 heavy (non-hydrogen) atoms. The number of rotatable bonds is 5. The van der Waals surface area contributed by atoms with Crippen LogP contribution in [0.3, 0.4) is 0 Å². The lowest BCUT2D eigenvalue weighted by Crippen LogP contribution is -2.33. The van der Waals surface area contributed by atoms with Crippen molar-refractivity contribution in [3.05, 3.63) is 24.3 Å². The second-order valence-electron chi connectivity index (χ2n) is 4.63. The molecule has 2 aromatic rings. The molecular formula is C13H18N4OS. The Kier molecular flexibility index (Phi) is 4.21. The van der Waals surface area contributed by atoms with Gasteiger partial charge in [0.15, 0.2) is 0 Å². The van der Waals surface area contributed by atoms with E-state index >= 15 is 0 Å². The Hall–Kier alpha value is -1.82. The molecule has 0 aliphatic rings. The molecule has 0 radical (unpaired) electrons. The Morgan fingerprint density at radius 3 is 2.89 bits per heavy atom. The van der Waals surface area contributed by atoms with Crippen molar-refractivity contribution < 1.29 is 5.21 Å². The molecule has 0 bridgehead atoms. The van der Waals surface area contributed by atoms with Crippen LogP contribution in [-0.2, 0) is 0 Å². The third-order valence-corrected chi connectivity index (χ3v) is 3.90. The molecule has 0 aliphatic carbocycles. The van der Waals surface area contributed by atoms with Crippen LogP contribution >= 0.6 is 11.5 Å². The number of nitrogens with two attached hydrogens (primary N) is 1. The van der Waals surface area contributed by atoms with Crippen molar-refractivity contribution in [1.82, 2.24) is 4.37 Å². The Morgan fingerprint density at radius 2 is 2.21 bits per heavy atom. The Balaban J connectivity index is 2.28. The van der Waals surface area contributed by atoms with Crippen LogP contribution < -0.4 is 10.6 Å². The van der Waals surface area contributed by atoms with Gasteiger partial charge in [-0.05, 0) is 37.5 Å². The molecule has 0 saturated carbocycles. The number of nitrogens with zero attached hydrogens (tertiary/aromatic N) is 3. The number of amidine groups is 1. The molecule has 3 N–H and O–H groups in total. The number of aromatic nitrogens is 1. The van der Waals surface area contributed by atoms with Gasteiger partial charge < -0.3 is 15.8 Å². The van der Waals surface area contributed by atoms with Gasteiger partial charge in [0.1, 0.15) is 10.8 Å². The van der Waals surface area contributed by atoms with E-state index < -0.39 is 0 Å². The topological polar surface area (TPSA) is 74.7 Å². The summed E-state index contributed by atoms with van der Waals surface area (Å²) in [5, 5.41) is 13.9. The SMILES string of the molecule is CC(C)N(CCC(N)=NO)c1snc2ccccc12. The van der Waals surface area contributed by atoms with Crippen LogP contribution in [-0.4, -0.2) is 28.0 Å². The summed E-state index contributed by atoms with van der Waals surface area (Å²) >= 11 is 1.49.